The molecule has 0 aliphatic carbocycles. The largest absolute Gasteiger partial charge is 0.476 e. The second-order valence-corrected chi connectivity index (χ2v) is 4.97. The molecule has 0 aliphatic rings. The summed E-state index contributed by atoms with van der Waals surface area (Å²) in [6.07, 6.45) is 0.508. The molecule has 2 rings (SSSR count). The van der Waals surface area contributed by atoms with Crippen LogP contribution < -0.4 is 5.32 Å². The van der Waals surface area contributed by atoms with Crippen molar-refractivity contribution in [2.75, 3.05) is 6.54 Å². The molecule has 6 nitrogen and oxygen atoms in total. The standard InChI is InChI=1S/C10H9N3O3S2/c14-9(6-3-17-5-12-6)11-2-1-8-13-7(4-18-8)10(15)16/h3-5H,1-2H2,(H,11,14)(H,15,16). The van der Waals surface area contributed by atoms with E-state index < -0.39 is 5.97 Å². The Morgan fingerprint density at radius 1 is 1.33 bits per heavy atom. The van der Waals surface area contributed by atoms with Crippen molar-refractivity contribution in [2.45, 2.75) is 6.42 Å². The number of aromatic nitrogens is 2. The Labute approximate surface area is 110 Å². The summed E-state index contributed by atoms with van der Waals surface area (Å²) in [4.78, 5) is 30.0. The van der Waals surface area contributed by atoms with Gasteiger partial charge in [-0.1, -0.05) is 0 Å². The molecular formula is C10H9N3O3S2. The summed E-state index contributed by atoms with van der Waals surface area (Å²) < 4.78 is 0. The highest BCUT2D eigenvalue weighted by atomic mass is 32.1. The van der Waals surface area contributed by atoms with E-state index in [4.69, 9.17) is 5.11 Å². The van der Waals surface area contributed by atoms with E-state index in [1.165, 1.54) is 28.1 Å². The Bertz CT molecular complexity index is 550. The maximum absolute atomic E-state index is 11.5. The van der Waals surface area contributed by atoms with Crippen molar-refractivity contribution in [2.24, 2.45) is 0 Å². The topological polar surface area (TPSA) is 92.2 Å². The number of rotatable bonds is 5. The third kappa shape index (κ3) is 3.11. The van der Waals surface area contributed by atoms with E-state index >= 15 is 0 Å². The highest BCUT2D eigenvalue weighted by Crippen LogP contribution is 2.10. The Hall–Kier alpha value is -1.80. The van der Waals surface area contributed by atoms with E-state index in [-0.39, 0.29) is 11.6 Å². The van der Waals surface area contributed by atoms with Gasteiger partial charge in [0.15, 0.2) is 5.69 Å². The van der Waals surface area contributed by atoms with Gasteiger partial charge in [-0.3, -0.25) is 4.79 Å². The Kier molecular flexibility index (Phi) is 4.00. The summed E-state index contributed by atoms with van der Waals surface area (Å²) in [7, 11) is 0. The van der Waals surface area contributed by atoms with Gasteiger partial charge in [0.2, 0.25) is 0 Å². The summed E-state index contributed by atoms with van der Waals surface area (Å²) in [5.74, 6) is -1.27. The zero-order chi connectivity index (χ0) is 13.0. The van der Waals surface area contributed by atoms with Crippen molar-refractivity contribution in [3.63, 3.8) is 0 Å². The fourth-order valence-electron chi connectivity index (χ4n) is 1.22. The van der Waals surface area contributed by atoms with Crippen LogP contribution in [0.1, 0.15) is 26.0 Å². The second-order valence-electron chi connectivity index (χ2n) is 3.31. The zero-order valence-corrected chi connectivity index (χ0v) is 10.8. The number of nitrogens with zero attached hydrogens (tertiary/aromatic N) is 2. The van der Waals surface area contributed by atoms with Gasteiger partial charge in [-0.2, -0.15) is 0 Å². The van der Waals surface area contributed by atoms with Gasteiger partial charge in [0.1, 0.15) is 5.69 Å². The predicted molar refractivity (Wildman–Crippen MR) is 67.2 cm³/mol. The molecule has 18 heavy (non-hydrogen) atoms. The lowest BCUT2D eigenvalue weighted by Crippen LogP contribution is -2.25. The van der Waals surface area contributed by atoms with Crippen LogP contribution in [0, 0.1) is 0 Å². The van der Waals surface area contributed by atoms with Crippen molar-refractivity contribution in [1.29, 1.82) is 0 Å². The first-order chi connectivity index (χ1) is 8.66. The van der Waals surface area contributed by atoms with Crippen LogP contribution >= 0.6 is 22.7 Å². The van der Waals surface area contributed by atoms with Crippen LogP contribution in [0.5, 0.6) is 0 Å². The van der Waals surface area contributed by atoms with E-state index in [1.807, 2.05) is 0 Å². The first-order valence-corrected chi connectivity index (χ1v) is 6.83. The average molecular weight is 283 g/mol. The molecule has 0 atom stereocenters. The summed E-state index contributed by atoms with van der Waals surface area (Å²) in [5.41, 5.74) is 2.03. The Morgan fingerprint density at radius 3 is 2.78 bits per heavy atom. The van der Waals surface area contributed by atoms with Gasteiger partial charge >= 0.3 is 5.97 Å². The van der Waals surface area contributed by atoms with Gasteiger partial charge in [0, 0.05) is 23.7 Å². The monoisotopic (exact) mass is 283 g/mol. The van der Waals surface area contributed by atoms with Crippen molar-refractivity contribution in [3.05, 3.63) is 32.7 Å². The number of hydrogen-bond acceptors (Lipinski definition) is 6. The SMILES string of the molecule is O=C(O)c1csc(CCNC(=O)c2cscn2)n1. The Morgan fingerprint density at radius 2 is 2.17 bits per heavy atom. The van der Waals surface area contributed by atoms with Crippen LogP contribution in [0.2, 0.25) is 0 Å². The van der Waals surface area contributed by atoms with E-state index in [0.29, 0.717) is 23.7 Å². The third-order valence-corrected chi connectivity index (χ3v) is 3.56. The van der Waals surface area contributed by atoms with Gasteiger partial charge in [-0.05, 0) is 0 Å². The van der Waals surface area contributed by atoms with E-state index in [2.05, 4.69) is 15.3 Å². The molecule has 1 amide bonds. The second kappa shape index (κ2) is 5.69. The number of carboxylic acid groups (broad SMARTS) is 1. The number of hydrogen-bond donors (Lipinski definition) is 2. The molecule has 2 N–H and O–H groups in total. The fraction of sp³-hybridized carbons (Fsp3) is 0.200. The molecule has 0 bridgehead atoms. The number of carboxylic acids is 1. The lowest BCUT2D eigenvalue weighted by molar-refractivity contribution is 0.0690. The molecule has 0 aliphatic heterocycles. The molecule has 0 radical (unpaired) electrons. The van der Waals surface area contributed by atoms with Crippen molar-refractivity contribution in [3.8, 4) is 0 Å². The fourth-order valence-corrected chi connectivity index (χ4v) is 2.53. The molecule has 2 heterocycles. The van der Waals surface area contributed by atoms with Crippen LogP contribution in [0.15, 0.2) is 16.3 Å². The molecule has 94 valence electrons. The number of carbonyl (C=O) groups is 2. The lowest BCUT2D eigenvalue weighted by Gasteiger charge is -2.00. The van der Waals surface area contributed by atoms with Gasteiger partial charge < -0.3 is 10.4 Å². The molecule has 0 aromatic carbocycles. The summed E-state index contributed by atoms with van der Waals surface area (Å²) in [5, 5.41) is 15.2. The number of aromatic carboxylic acids is 1. The zero-order valence-electron chi connectivity index (χ0n) is 9.12. The molecule has 0 fully saturated rings. The highest BCUT2D eigenvalue weighted by Gasteiger charge is 2.10. The van der Waals surface area contributed by atoms with Crippen LogP contribution in [-0.4, -0.2) is 33.5 Å². The number of thiazole rings is 2. The normalized spacial score (nSPS) is 10.2. The third-order valence-electron chi connectivity index (χ3n) is 2.06. The van der Waals surface area contributed by atoms with Gasteiger partial charge in [-0.25, -0.2) is 14.8 Å². The van der Waals surface area contributed by atoms with Gasteiger partial charge in [0.25, 0.3) is 5.91 Å². The van der Waals surface area contributed by atoms with Crippen molar-refractivity contribution >= 4 is 34.6 Å². The predicted octanol–water partition coefficient (Wildman–Crippen LogP) is 1.27. The number of nitrogens with one attached hydrogen (secondary N) is 1. The van der Waals surface area contributed by atoms with Crippen LogP contribution in [0.3, 0.4) is 0 Å². The minimum absolute atomic E-state index is 0.0424. The molecule has 0 saturated heterocycles. The Balaban J connectivity index is 1.81. The number of carbonyl (C=O) groups excluding carboxylic acids is 1. The molecule has 0 unspecified atom stereocenters. The van der Waals surface area contributed by atoms with Crippen molar-refractivity contribution in [1.82, 2.24) is 15.3 Å². The first-order valence-electron chi connectivity index (χ1n) is 5.01. The first kappa shape index (κ1) is 12.7. The minimum atomic E-state index is -1.04. The molecule has 0 spiro atoms. The average Bonchev–Trinajstić information content (AvgIpc) is 3.00. The number of amides is 1. The summed E-state index contributed by atoms with van der Waals surface area (Å²) in [6, 6.07) is 0. The quantitative estimate of drug-likeness (QED) is 0.862. The van der Waals surface area contributed by atoms with Gasteiger partial charge in [-0.15, -0.1) is 22.7 Å². The molecule has 2 aromatic heterocycles. The molecule has 8 heteroatoms. The molecule has 2 aromatic rings. The highest BCUT2D eigenvalue weighted by molar-refractivity contribution is 7.09. The van der Waals surface area contributed by atoms with Crippen LogP contribution in [-0.2, 0) is 6.42 Å². The summed E-state index contributed by atoms with van der Waals surface area (Å²) >= 11 is 2.63. The maximum Gasteiger partial charge on any atom is 0.355 e. The van der Waals surface area contributed by atoms with Crippen LogP contribution in [0.4, 0.5) is 0 Å². The van der Waals surface area contributed by atoms with Crippen LogP contribution in [0.25, 0.3) is 0 Å². The minimum Gasteiger partial charge on any atom is -0.476 e. The van der Waals surface area contributed by atoms with E-state index in [1.54, 1.807) is 10.9 Å². The smallest absolute Gasteiger partial charge is 0.355 e. The van der Waals surface area contributed by atoms with E-state index in [0.717, 1.165) is 0 Å². The van der Waals surface area contributed by atoms with Gasteiger partial charge in [0.05, 0.1) is 10.5 Å². The summed E-state index contributed by atoms with van der Waals surface area (Å²) in [6.45, 7) is 0.406. The molecule has 0 saturated carbocycles. The molecular weight excluding hydrogens is 274 g/mol. The van der Waals surface area contributed by atoms with Crippen molar-refractivity contribution < 1.29 is 14.7 Å². The lowest BCUT2D eigenvalue weighted by atomic mass is 10.4. The van der Waals surface area contributed by atoms with E-state index in [9.17, 15) is 9.59 Å². The maximum atomic E-state index is 11.5.